The van der Waals surface area contributed by atoms with Crippen LogP contribution in [0.2, 0.25) is 0 Å². The summed E-state index contributed by atoms with van der Waals surface area (Å²) in [5, 5.41) is 15.8. The average Bonchev–Trinajstić information content (AvgIpc) is 2.98. The summed E-state index contributed by atoms with van der Waals surface area (Å²) in [5.74, 6) is -1.38. The molecule has 0 unspecified atom stereocenters. The second kappa shape index (κ2) is 5.34. The van der Waals surface area contributed by atoms with Crippen LogP contribution in [0.25, 0.3) is 0 Å². The lowest BCUT2D eigenvalue weighted by molar-refractivity contribution is -0.137. The highest BCUT2D eigenvalue weighted by atomic mass is 16.4. The summed E-state index contributed by atoms with van der Waals surface area (Å²) in [6, 6.07) is 1.76. The van der Waals surface area contributed by atoms with Crippen molar-refractivity contribution in [1.29, 1.82) is 0 Å². The molecule has 100 valence electrons. The number of carboxylic acid groups (broad SMARTS) is 1. The monoisotopic (exact) mass is 264 g/mol. The van der Waals surface area contributed by atoms with E-state index in [-0.39, 0.29) is 18.1 Å². The van der Waals surface area contributed by atoms with Crippen molar-refractivity contribution < 1.29 is 19.1 Å². The molecule has 2 heterocycles. The van der Waals surface area contributed by atoms with E-state index in [1.165, 1.54) is 17.4 Å². The van der Waals surface area contributed by atoms with Crippen LogP contribution in [-0.2, 0) is 17.9 Å². The van der Waals surface area contributed by atoms with Gasteiger partial charge in [-0.3, -0.25) is 9.59 Å². The van der Waals surface area contributed by atoms with Crippen LogP contribution in [0.3, 0.4) is 0 Å². The van der Waals surface area contributed by atoms with Gasteiger partial charge in [0, 0.05) is 19.2 Å². The Labute approximate surface area is 108 Å². The highest BCUT2D eigenvalue weighted by molar-refractivity contribution is 5.91. The third-order valence-corrected chi connectivity index (χ3v) is 2.40. The van der Waals surface area contributed by atoms with Crippen molar-refractivity contribution in [3.63, 3.8) is 0 Å². The molecule has 0 aromatic carbocycles. The van der Waals surface area contributed by atoms with Crippen LogP contribution in [0.5, 0.6) is 0 Å². The maximum absolute atomic E-state index is 12.0. The Balaban J connectivity index is 2.02. The summed E-state index contributed by atoms with van der Waals surface area (Å²) in [5.41, 5.74) is 0.959. The van der Waals surface area contributed by atoms with Gasteiger partial charge in [0.15, 0.2) is 5.69 Å². The van der Waals surface area contributed by atoms with Crippen LogP contribution in [-0.4, -0.2) is 43.9 Å². The van der Waals surface area contributed by atoms with Crippen molar-refractivity contribution >= 4 is 11.9 Å². The second-order valence-corrected chi connectivity index (χ2v) is 3.99. The van der Waals surface area contributed by atoms with Crippen LogP contribution < -0.4 is 0 Å². The Morgan fingerprint density at radius 1 is 1.53 bits per heavy atom. The average molecular weight is 264 g/mol. The first-order chi connectivity index (χ1) is 9.06. The number of aromatic nitrogens is 3. The molecule has 8 nitrogen and oxygen atoms in total. The Morgan fingerprint density at radius 2 is 2.32 bits per heavy atom. The fourth-order valence-corrected chi connectivity index (χ4v) is 1.54. The Morgan fingerprint density at radius 3 is 2.95 bits per heavy atom. The maximum atomic E-state index is 12.0. The number of carbonyl (C=O) groups excluding carboxylic acids is 1. The molecular weight excluding hydrogens is 252 g/mol. The Bertz CT molecular complexity index is 575. The summed E-state index contributed by atoms with van der Waals surface area (Å²) in [6.07, 6.45) is 4.38. The molecule has 0 saturated carbocycles. The lowest BCUT2D eigenvalue weighted by atomic mass is 10.3. The van der Waals surface area contributed by atoms with Crippen LogP contribution in [0.4, 0.5) is 0 Å². The zero-order chi connectivity index (χ0) is 13.8. The Hall–Kier alpha value is -2.64. The molecule has 2 aromatic rings. The van der Waals surface area contributed by atoms with Gasteiger partial charge in [-0.2, -0.15) is 0 Å². The number of aliphatic carboxylic acids is 1. The summed E-state index contributed by atoms with van der Waals surface area (Å²) < 4.78 is 6.01. The van der Waals surface area contributed by atoms with Crippen molar-refractivity contribution in [1.82, 2.24) is 19.9 Å². The number of hydrogen-bond donors (Lipinski definition) is 1. The van der Waals surface area contributed by atoms with Crippen LogP contribution in [0.15, 0.2) is 29.2 Å². The van der Waals surface area contributed by atoms with Gasteiger partial charge < -0.3 is 14.4 Å². The normalized spacial score (nSPS) is 10.4. The van der Waals surface area contributed by atoms with E-state index in [9.17, 15) is 9.59 Å². The molecule has 8 heteroatoms. The summed E-state index contributed by atoms with van der Waals surface area (Å²) in [6.45, 7) is 0.0485. The standard InChI is InChI=1S/C11H12N4O4/c1-14(4-8-2-3-19-7-8)11(18)9-5-15(13-12-9)6-10(16)17/h2-3,5,7H,4,6H2,1H3,(H,16,17). The smallest absolute Gasteiger partial charge is 0.325 e. The lowest BCUT2D eigenvalue weighted by Gasteiger charge is -2.13. The fraction of sp³-hybridized carbons (Fsp3) is 0.273. The van der Waals surface area contributed by atoms with Gasteiger partial charge in [-0.15, -0.1) is 5.10 Å². The zero-order valence-electron chi connectivity index (χ0n) is 10.2. The first-order valence-corrected chi connectivity index (χ1v) is 5.44. The van der Waals surface area contributed by atoms with Crippen molar-refractivity contribution in [2.75, 3.05) is 7.05 Å². The van der Waals surface area contributed by atoms with Crippen LogP contribution in [0.1, 0.15) is 16.1 Å². The van der Waals surface area contributed by atoms with E-state index in [0.717, 1.165) is 10.2 Å². The molecule has 0 aliphatic heterocycles. The second-order valence-electron chi connectivity index (χ2n) is 3.99. The largest absolute Gasteiger partial charge is 0.480 e. The number of carboxylic acids is 1. The molecule has 19 heavy (non-hydrogen) atoms. The first-order valence-electron chi connectivity index (χ1n) is 5.44. The van der Waals surface area contributed by atoms with E-state index in [1.807, 2.05) is 0 Å². The molecule has 0 spiro atoms. The quantitative estimate of drug-likeness (QED) is 0.829. The van der Waals surface area contributed by atoms with Crippen molar-refractivity contribution in [3.05, 3.63) is 36.0 Å². The van der Waals surface area contributed by atoms with Gasteiger partial charge in [-0.25, -0.2) is 4.68 Å². The molecule has 1 N–H and O–H groups in total. The molecule has 2 rings (SSSR count). The van der Waals surface area contributed by atoms with E-state index in [1.54, 1.807) is 19.4 Å². The first kappa shape index (κ1) is 12.8. The summed E-state index contributed by atoms with van der Waals surface area (Å²) in [7, 11) is 1.62. The Kier molecular flexibility index (Phi) is 3.60. The maximum Gasteiger partial charge on any atom is 0.325 e. The number of amides is 1. The zero-order valence-corrected chi connectivity index (χ0v) is 10.2. The predicted octanol–water partition coefficient (Wildman–Crippen LogP) is 0.228. The van der Waals surface area contributed by atoms with Gasteiger partial charge in [-0.05, 0) is 6.07 Å². The third kappa shape index (κ3) is 3.18. The van der Waals surface area contributed by atoms with Gasteiger partial charge in [0.25, 0.3) is 5.91 Å². The molecule has 0 aliphatic rings. The van der Waals surface area contributed by atoms with Gasteiger partial charge in [-0.1, -0.05) is 5.21 Å². The van der Waals surface area contributed by atoms with E-state index in [2.05, 4.69) is 10.3 Å². The number of nitrogens with zero attached hydrogens (tertiary/aromatic N) is 4. The molecule has 0 saturated heterocycles. The fourth-order valence-electron chi connectivity index (χ4n) is 1.54. The molecule has 0 radical (unpaired) electrons. The van der Waals surface area contributed by atoms with Crippen molar-refractivity contribution in [2.24, 2.45) is 0 Å². The van der Waals surface area contributed by atoms with Crippen molar-refractivity contribution in [3.8, 4) is 0 Å². The number of rotatable bonds is 5. The van der Waals surface area contributed by atoms with Crippen LogP contribution in [0, 0.1) is 0 Å². The van der Waals surface area contributed by atoms with Gasteiger partial charge in [0.05, 0.1) is 18.7 Å². The lowest BCUT2D eigenvalue weighted by Crippen LogP contribution is -2.26. The number of hydrogen-bond acceptors (Lipinski definition) is 5. The van der Waals surface area contributed by atoms with Gasteiger partial charge in [0.1, 0.15) is 6.54 Å². The third-order valence-electron chi connectivity index (χ3n) is 2.40. The van der Waals surface area contributed by atoms with E-state index < -0.39 is 5.97 Å². The minimum atomic E-state index is -1.05. The molecule has 0 fully saturated rings. The summed E-state index contributed by atoms with van der Waals surface area (Å²) >= 11 is 0. The topological polar surface area (TPSA) is 101 Å². The van der Waals surface area contributed by atoms with Gasteiger partial charge in [0.2, 0.25) is 0 Å². The summed E-state index contributed by atoms with van der Waals surface area (Å²) in [4.78, 5) is 23.9. The highest BCUT2D eigenvalue weighted by Crippen LogP contribution is 2.07. The molecule has 0 atom stereocenters. The molecular formula is C11H12N4O4. The molecule has 0 bridgehead atoms. The number of carbonyl (C=O) groups is 2. The predicted molar refractivity (Wildman–Crippen MR) is 62.2 cm³/mol. The molecule has 1 amide bonds. The van der Waals surface area contributed by atoms with E-state index in [4.69, 9.17) is 9.52 Å². The van der Waals surface area contributed by atoms with Crippen LogP contribution >= 0.6 is 0 Å². The molecule has 2 aromatic heterocycles. The minimum absolute atomic E-state index is 0.104. The van der Waals surface area contributed by atoms with E-state index >= 15 is 0 Å². The minimum Gasteiger partial charge on any atom is -0.480 e. The van der Waals surface area contributed by atoms with Crippen molar-refractivity contribution in [2.45, 2.75) is 13.1 Å². The SMILES string of the molecule is CN(Cc1ccoc1)C(=O)c1cn(CC(=O)O)nn1. The van der Waals surface area contributed by atoms with Gasteiger partial charge >= 0.3 is 5.97 Å². The van der Waals surface area contributed by atoms with E-state index in [0.29, 0.717) is 6.54 Å². The number of furan rings is 1. The highest BCUT2D eigenvalue weighted by Gasteiger charge is 2.16. The molecule has 0 aliphatic carbocycles.